The lowest BCUT2D eigenvalue weighted by Crippen LogP contribution is -2.38. The van der Waals surface area contributed by atoms with E-state index in [1.54, 1.807) is 0 Å². The molecule has 6 nitrogen and oxygen atoms in total. The summed E-state index contributed by atoms with van der Waals surface area (Å²) in [7, 11) is 0. The number of ether oxygens (including phenoxy) is 1. The van der Waals surface area contributed by atoms with Crippen LogP contribution in [0.5, 0.6) is 5.75 Å². The van der Waals surface area contributed by atoms with Crippen molar-refractivity contribution in [3.8, 4) is 5.75 Å². The van der Waals surface area contributed by atoms with Crippen LogP contribution in [-0.2, 0) is 17.8 Å². The highest BCUT2D eigenvalue weighted by atomic mass is 16.5. The molecule has 25 heavy (non-hydrogen) atoms. The highest BCUT2D eigenvalue weighted by Gasteiger charge is 2.29. The molecule has 0 spiro atoms. The van der Waals surface area contributed by atoms with Crippen molar-refractivity contribution in [3.63, 3.8) is 0 Å². The van der Waals surface area contributed by atoms with Crippen molar-refractivity contribution in [1.82, 2.24) is 19.7 Å². The number of rotatable bonds is 5. The van der Waals surface area contributed by atoms with E-state index in [-0.39, 0.29) is 5.91 Å². The zero-order valence-corrected chi connectivity index (χ0v) is 14.4. The fourth-order valence-corrected chi connectivity index (χ4v) is 3.79. The number of piperidine rings is 1. The van der Waals surface area contributed by atoms with Crippen LogP contribution in [0, 0.1) is 0 Å². The minimum atomic E-state index is 0.181. The molecule has 0 radical (unpaired) electrons. The van der Waals surface area contributed by atoms with Crippen LogP contribution in [0.25, 0.3) is 0 Å². The van der Waals surface area contributed by atoms with Crippen LogP contribution < -0.4 is 4.74 Å². The third kappa shape index (κ3) is 3.52. The standard InChI is InChI=1S/C19H24N4O2/c24-18(10-14-25-16-5-2-1-3-6-16)22-12-8-15(9-13-22)19-21-20-17-7-4-11-23(17)19/h1-3,5-6,15H,4,7-14H2. The largest absolute Gasteiger partial charge is 0.493 e. The van der Waals surface area contributed by atoms with E-state index in [0.717, 1.165) is 56.3 Å². The summed E-state index contributed by atoms with van der Waals surface area (Å²) in [5, 5.41) is 8.72. The molecule has 1 fully saturated rings. The van der Waals surface area contributed by atoms with Crippen molar-refractivity contribution in [2.45, 2.75) is 44.6 Å². The molecule has 1 aromatic carbocycles. The lowest BCUT2D eigenvalue weighted by atomic mass is 9.95. The lowest BCUT2D eigenvalue weighted by Gasteiger charge is -2.31. The van der Waals surface area contributed by atoms with Crippen LogP contribution in [0.2, 0.25) is 0 Å². The van der Waals surface area contributed by atoms with Crippen molar-refractivity contribution >= 4 is 5.91 Å². The summed E-state index contributed by atoms with van der Waals surface area (Å²) in [5.41, 5.74) is 0. The number of fused-ring (bicyclic) bond motifs is 1. The van der Waals surface area contributed by atoms with Gasteiger partial charge in [0.15, 0.2) is 0 Å². The van der Waals surface area contributed by atoms with E-state index in [1.165, 1.54) is 6.42 Å². The SMILES string of the molecule is O=C(CCOc1ccccc1)N1CCC(c2nnc3n2CCC3)CC1. The summed E-state index contributed by atoms with van der Waals surface area (Å²) in [6, 6.07) is 9.64. The van der Waals surface area contributed by atoms with Gasteiger partial charge in [-0.3, -0.25) is 4.79 Å². The number of amides is 1. The third-order valence-electron chi connectivity index (χ3n) is 5.18. The monoisotopic (exact) mass is 340 g/mol. The Kier molecular flexibility index (Phi) is 4.68. The second kappa shape index (κ2) is 7.25. The van der Waals surface area contributed by atoms with Crippen molar-refractivity contribution < 1.29 is 9.53 Å². The van der Waals surface area contributed by atoms with Gasteiger partial charge < -0.3 is 14.2 Å². The fourth-order valence-electron chi connectivity index (χ4n) is 3.79. The van der Waals surface area contributed by atoms with Gasteiger partial charge in [0.05, 0.1) is 13.0 Å². The molecule has 132 valence electrons. The average Bonchev–Trinajstić information content (AvgIpc) is 3.26. The molecule has 1 amide bonds. The lowest BCUT2D eigenvalue weighted by molar-refractivity contribution is -0.132. The quantitative estimate of drug-likeness (QED) is 0.838. The first kappa shape index (κ1) is 16.1. The molecule has 3 heterocycles. The Morgan fingerprint density at radius 3 is 2.72 bits per heavy atom. The minimum absolute atomic E-state index is 0.181. The van der Waals surface area contributed by atoms with E-state index in [9.17, 15) is 4.79 Å². The normalized spacial score (nSPS) is 17.5. The van der Waals surface area contributed by atoms with Crippen LogP contribution in [0.3, 0.4) is 0 Å². The first-order valence-electron chi connectivity index (χ1n) is 9.19. The van der Waals surface area contributed by atoms with E-state index in [4.69, 9.17) is 4.74 Å². The van der Waals surface area contributed by atoms with Gasteiger partial charge in [0.1, 0.15) is 17.4 Å². The molecule has 1 aromatic heterocycles. The third-order valence-corrected chi connectivity index (χ3v) is 5.18. The molecule has 0 aliphatic carbocycles. The second-order valence-electron chi connectivity index (χ2n) is 6.80. The number of hydrogen-bond donors (Lipinski definition) is 0. The van der Waals surface area contributed by atoms with Gasteiger partial charge in [-0.1, -0.05) is 18.2 Å². The maximum absolute atomic E-state index is 12.4. The van der Waals surface area contributed by atoms with Crippen molar-refractivity contribution in [1.29, 1.82) is 0 Å². The summed E-state index contributed by atoms with van der Waals surface area (Å²) < 4.78 is 7.92. The second-order valence-corrected chi connectivity index (χ2v) is 6.80. The van der Waals surface area contributed by atoms with Gasteiger partial charge in [0, 0.05) is 32.0 Å². The molecule has 2 aliphatic heterocycles. The Bertz CT molecular complexity index is 720. The van der Waals surface area contributed by atoms with Gasteiger partial charge in [-0.25, -0.2) is 0 Å². The predicted octanol–water partition coefficient (Wildman–Crippen LogP) is 2.40. The van der Waals surface area contributed by atoms with Crippen molar-refractivity contribution in [2.75, 3.05) is 19.7 Å². The van der Waals surface area contributed by atoms with E-state index < -0.39 is 0 Å². The van der Waals surface area contributed by atoms with Crippen molar-refractivity contribution in [2.24, 2.45) is 0 Å². The van der Waals surface area contributed by atoms with E-state index in [2.05, 4.69) is 14.8 Å². The van der Waals surface area contributed by atoms with Gasteiger partial charge in [0.2, 0.25) is 5.91 Å². The summed E-state index contributed by atoms with van der Waals surface area (Å²) in [5.74, 6) is 3.69. The first-order valence-corrected chi connectivity index (χ1v) is 9.19. The summed E-state index contributed by atoms with van der Waals surface area (Å²) in [6.07, 6.45) is 4.61. The topological polar surface area (TPSA) is 60.2 Å². The minimum Gasteiger partial charge on any atom is -0.493 e. The Morgan fingerprint density at radius 2 is 1.92 bits per heavy atom. The zero-order chi connectivity index (χ0) is 17.1. The molecule has 0 saturated carbocycles. The highest BCUT2D eigenvalue weighted by molar-refractivity contribution is 5.76. The number of aryl methyl sites for hydroxylation is 1. The number of benzene rings is 1. The van der Waals surface area contributed by atoms with Crippen LogP contribution in [0.1, 0.15) is 43.3 Å². The predicted molar refractivity (Wildman–Crippen MR) is 93.5 cm³/mol. The Hall–Kier alpha value is -2.37. The maximum Gasteiger partial charge on any atom is 0.225 e. The molecular formula is C19H24N4O2. The molecule has 2 aliphatic rings. The van der Waals surface area contributed by atoms with Gasteiger partial charge in [-0.05, 0) is 31.4 Å². The van der Waals surface area contributed by atoms with Gasteiger partial charge in [-0.2, -0.15) is 0 Å². The molecule has 0 bridgehead atoms. The Balaban J connectivity index is 1.25. The van der Waals surface area contributed by atoms with Crippen LogP contribution in [-0.4, -0.2) is 45.3 Å². The molecule has 0 unspecified atom stereocenters. The number of likely N-dealkylation sites (tertiary alicyclic amines) is 1. The van der Waals surface area contributed by atoms with Gasteiger partial charge in [0.25, 0.3) is 0 Å². The highest BCUT2D eigenvalue weighted by Crippen LogP contribution is 2.29. The van der Waals surface area contributed by atoms with E-state index in [0.29, 0.717) is 18.9 Å². The van der Waals surface area contributed by atoms with Gasteiger partial charge in [-0.15, -0.1) is 10.2 Å². The summed E-state index contributed by atoms with van der Waals surface area (Å²) in [6.45, 7) is 3.09. The average molecular weight is 340 g/mol. The smallest absolute Gasteiger partial charge is 0.225 e. The number of carbonyl (C=O) groups is 1. The Morgan fingerprint density at radius 1 is 1.12 bits per heavy atom. The number of para-hydroxylation sites is 1. The van der Waals surface area contributed by atoms with Crippen LogP contribution >= 0.6 is 0 Å². The molecule has 0 atom stereocenters. The molecule has 1 saturated heterocycles. The molecule has 6 heteroatoms. The first-order chi connectivity index (χ1) is 12.3. The van der Waals surface area contributed by atoms with Crippen LogP contribution in [0.4, 0.5) is 0 Å². The number of hydrogen-bond acceptors (Lipinski definition) is 4. The molecular weight excluding hydrogens is 316 g/mol. The summed E-state index contributed by atoms with van der Waals surface area (Å²) in [4.78, 5) is 14.3. The van der Waals surface area contributed by atoms with Crippen molar-refractivity contribution in [3.05, 3.63) is 42.0 Å². The number of carbonyl (C=O) groups excluding carboxylic acids is 1. The number of nitrogens with zero attached hydrogens (tertiary/aromatic N) is 4. The molecule has 4 rings (SSSR count). The van der Waals surface area contributed by atoms with Crippen LogP contribution in [0.15, 0.2) is 30.3 Å². The Labute approximate surface area is 147 Å². The fraction of sp³-hybridized carbons (Fsp3) is 0.526. The molecule has 0 N–H and O–H groups in total. The van der Waals surface area contributed by atoms with Gasteiger partial charge >= 0.3 is 0 Å². The van der Waals surface area contributed by atoms with E-state index in [1.807, 2.05) is 35.2 Å². The van der Waals surface area contributed by atoms with E-state index >= 15 is 0 Å². The number of aromatic nitrogens is 3. The molecule has 2 aromatic rings. The maximum atomic E-state index is 12.4. The zero-order valence-electron chi connectivity index (χ0n) is 14.4. The summed E-state index contributed by atoms with van der Waals surface area (Å²) >= 11 is 0.